The lowest BCUT2D eigenvalue weighted by molar-refractivity contribution is -0.385. The first kappa shape index (κ1) is 29.8. The predicted molar refractivity (Wildman–Crippen MR) is 156 cm³/mol. The second-order valence-electron chi connectivity index (χ2n) is 9.69. The molecule has 0 aromatic heterocycles. The van der Waals surface area contributed by atoms with Crippen molar-refractivity contribution in [1.29, 1.82) is 0 Å². The molecule has 0 unspecified atom stereocenters. The highest BCUT2D eigenvalue weighted by Gasteiger charge is 2.35. The van der Waals surface area contributed by atoms with Crippen LogP contribution in [-0.4, -0.2) is 42.5 Å². The molecule has 0 atom stereocenters. The van der Waals surface area contributed by atoms with Crippen LogP contribution >= 0.6 is 11.8 Å². The topological polar surface area (TPSA) is 133 Å². The van der Waals surface area contributed by atoms with Crippen LogP contribution in [0.1, 0.15) is 42.0 Å². The lowest BCUT2D eigenvalue weighted by Gasteiger charge is -2.17. The molecule has 0 saturated carbocycles. The molecule has 3 aromatic carbocycles. The van der Waals surface area contributed by atoms with Gasteiger partial charge >= 0.3 is 10.1 Å². The SMILES string of the molecule is Cc1ccc(C(C)C)c(OCCN2C(=O)S/C(=C\c3ccc(OS(=O)(=O)c4ccc(C)c([N+](=O)[O-])c4)cc3)C2=O)c1. The van der Waals surface area contributed by atoms with Gasteiger partial charge in [-0.2, -0.15) is 8.42 Å². The number of imide groups is 1. The Hall–Kier alpha value is -4.16. The van der Waals surface area contributed by atoms with E-state index in [1.54, 1.807) is 0 Å². The van der Waals surface area contributed by atoms with Gasteiger partial charge in [-0.25, -0.2) is 0 Å². The van der Waals surface area contributed by atoms with Gasteiger partial charge < -0.3 is 8.92 Å². The van der Waals surface area contributed by atoms with Gasteiger partial charge in [0.25, 0.3) is 16.8 Å². The van der Waals surface area contributed by atoms with E-state index in [2.05, 4.69) is 13.8 Å². The average molecular weight is 597 g/mol. The minimum absolute atomic E-state index is 0.0208. The molecule has 0 spiro atoms. The maximum Gasteiger partial charge on any atom is 0.339 e. The number of hydrogen-bond donors (Lipinski definition) is 0. The summed E-state index contributed by atoms with van der Waals surface area (Å²) in [5.41, 5.74) is 2.63. The van der Waals surface area contributed by atoms with Gasteiger partial charge in [-0.1, -0.05) is 44.2 Å². The van der Waals surface area contributed by atoms with Crippen molar-refractivity contribution in [3.8, 4) is 11.5 Å². The average Bonchev–Trinajstić information content (AvgIpc) is 3.16. The third kappa shape index (κ3) is 6.95. The van der Waals surface area contributed by atoms with Gasteiger partial charge in [-0.15, -0.1) is 0 Å². The van der Waals surface area contributed by atoms with Crippen molar-refractivity contribution in [3.63, 3.8) is 0 Å². The van der Waals surface area contributed by atoms with Gasteiger partial charge in [-0.05, 0) is 78.6 Å². The Morgan fingerprint density at radius 2 is 1.73 bits per heavy atom. The van der Waals surface area contributed by atoms with E-state index in [9.17, 15) is 28.1 Å². The number of nitro benzene ring substituents is 1. The summed E-state index contributed by atoms with van der Waals surface area (Å²) in [7, 11) is -4.33. The summed E-state index contributed by atoms with van der Waals surface area (Å²) in [6, 6.07) is 15.3. The van der Waals surface area contributed by atoms with E-state index in [1.807, 2.05) is 25.1 Å². The summed E-state index contributed by atoms with van der Waals surface area (Å²) in [5, 5.41) is 10.8. The van der Waals surface area contributed by atoms with Crippen molar-refractivity contribution in [2.24, 2.45) is 0 Å². The van der Waals surface area contributed by atoms with Crippen LogP contribution in [-0.2, 0) is 14.9 Å². The fraction of sp³-hybridized carbons (Fsp3) is 0.241. The molecule has 41 heavy (non-hydrogen) atoms. The van der Waals surface area contributed by atoms with E-state index in [0.29, 0.717) is 11.1 Å². The monoisotopic (exact) mass is 596 g/mol. The van der Waals surface area contributed by atoms with E-state index in [1.165, 1.54) is 49.4 Å². The Morgan fingerprint density at radius 1 is 1.02 bits per heavy atom. The quantitative estimate of drug-likeness (QED) is 0.116. The highest BCUT2D eigenvalue weighted by atomic mass is 32.2. The van der Waals surface area contributed by atoms with Crippen LogP contribution in [0.25, 0.3) is 6.08 Å². The Kier molecular flexibility index (Phi) is 8.83. The Balaban J connectivity index is 1.41. The number of carbonyl (C=O) groups excluding carboxylic acids is 2. The molecule has 1 heterocycles. The Morgan fingerprint density at radius 3 is 2.39 bits per heavy atom. The fourth-order valence-corrected chi connectivity index (χ4v) is 5.89. The van der Waals surface area contributed by atoms with Gasteiger partial charge in [0.1, 0.15) is 23.0 Å². The third-order valence-corrected chi connectivity index (χ3v) is 8.44. The molecule has 12 heteroatoms. The van der Waals surface area contributed by atoms with Crippen LogP contribution < -0.4 is 8.92 Å². The first-order valence-corrected chi connectivity index (χ1v) is 14.9. The van der Waals surface area contributed by atoms with Crippen LogP contribution in [0.15, 0.2) is 70.5 Å². The number of benzene rings is 3. The maximum absolute atomic E-state index is 12.9. The summed E-state index contributed by atoms with van der Waals surface area (Å²) < 4.78 is 36.4. The summed E-state index contributed by atoms with van der Waals surface area (Å²) in [4.78, 5) is 37.0. The lowest BCUT2D eigenvalue weighted by atomic mass is 10.0. The molecule has 1 fully saturated rings. The molecule has 3 aromatic rings. The Bertz CT molecular complexity index is 1650. The van der Waals surface area contributed by atoms with Gasteiger partial charge in [-0.3, -0.25) is 24.6 Å². The van der Waals surface area contributed by atoms with Crippen molar-refractivity contribution in [2.45, 2.75) is 38.5 Å². The van der Waals surface area contributed by atoms with Crippen molar-refractivity contribution in [2.75, 3.05) is 13.2 Å². The summed E-state index contributed by atoms with van der Waals surface area (Å²) in [6.45, 7) is 7.84. The Labute approximate surface area is 242 Å². The zero-order chi connectivity index (χ0) is 29.9. The number of amides is 2. The first-order valence-electron chi connectivity index (χ1n) is 12.6. The maximum atomic E-state index is 12.9. The molecule has 0 bridgehead atoms. The molecule has 0 N–H and O–H groups in total. The first-order chi connectivity index (χ1) is 19.4. The number of thioether (sulfide) groups is 1. The molecule has 2 amide bonds. The van der Waals surface area contributed by atoms with Gasteiger partial charge in [0.2, 0.25) is 0 Å². The molecule has 0 aliphatic carbocycles. The standard InChI is InChI=1S/C29H28N2O8S2/c1-18(2)24-12-5-19(3)15-26(24)38-14-13-30-28(32)27(40-29(30)33)16-21-7-9-22(10-8-21)39-41(36,37)23-11-6-20(4)25(17-23)31(34)35/h5-12,15-18H,13-14H2,1-4H3/b27-16-. The van der Waals surface area contributed by atoms with Crippen LogP contribution in [0.4, 0.5) is 10.5 Å². The molecule has 1 saturated heterocycles. The molecular formula is C29H28N2O8S2. The van der Waals surface area contributed by atoms with Crippen molar-refractivity contribution in [1.82, 2.24) is 4.90 Å². The van der Waals surface area contributed by atoms with E-state index < -0.39 is 26.2 Å². The van der Waals surface area contributed by atoms with Gasteiger partial charge in [0, 0.05) is 11.6 Å². The van der Waals surface area contributed by atoms with Crippen molar-refractivity contribution < 1.29 is 31.9 Å². The molecule has 4 rings (SSSR count). The predicted octanol–water partition coefficient (Wildman–Crippen LogP) is 6.22. The number of hydrogen-bond acceptors (Lipinski definition) is 9. The normalized spacial score (nSPS) is 14.7. The van der Waals surface area contributed by atoms with E-state index >= 15 is 0 Å². The van der Waals surface area contributed by atoms with E-state index in [4.69, 9.17) is 8.92 Å². The summed E-state index contributed by atoms with van der Waals surface area (Å²) >= 11 is 0.810. The highest BCUT2D eigenvalue weighted by Crippen LogP contribution is 2.33. The minimum Gasteiger partial charge on any atom is -0.491 e. The smallest absolute Gasteiger partial charge is 0.339 e. The fourth-order valence-electron chi connectivity index (χ4n) is 4.07. The van der Waals surface area contributed by atoms with Crippen LogP contribution in [0.2, 0.25) is 0 Å². The molecule has 1 aliphatic rings. The molecule has 1 aliphatic heterocycles. The largest absolute Gasteiger partial charge is 0.491 e. The lowest BCUT2D eigenvalue weighted by Crippen LogP contribution is -2.32. The highest BCUT2D eigenvalue weighted by molar-refractivity contribution is 8.18. The summed E-state index contributed by atoms with van der Waals surface area (Å²) in [6.07, 6.45) is 1.53. The zero-order valence-electron chi connectivity index (χ0n) is 22.8. The van der Waals surface area contributed by atoms with Gasteiger partial charge in [0.05, 0.1) is 16.4 Å². The van der Waals surface area contributed by atoms with Crippen molar-refractivity contribution in [3.05, 3.63) is 97.9 Å². The molecule has 214 valence electrons. The van der Waals surface area contributed by atoms with Crippen LogP contribution in [0.5, 0.6) is 11.5 Å². The third-order valence-electron chi connectivity index (χ3n) is 6.29. The van der Waals surface area contributed by atoms with Crippen molar-refractivity contribution >= 4 is 44.8 Å². The van der Waals surface area contributed by atoms with E-state index in [0.717, 1.165) is 39.6 Å². The van der Waals surface area contributed by atoms with E-state index in [-0.39, 0.29) is 40.3 Å². The number of nitrogens with zero attached hydrogens (tertiary/aromatic N) is 2. The van der Waals surface area contributed by atoms with Gasteiger partial charge in [0.15, 0.2) is 0 Å². The van der Waals surface area contributed by atoms with Crippen LogP contribution in [0, 0.1) is 24.0 Å². The molecule has 10 nitrogen and oxygen atoms in total. The second-order valence-corrected chi connectivity index (χ2v) is 12.2. The number of rotatable bonds is 10. The zero-order valence-corrected chi connectivity index (χ0v) is 24.5. The second kappa shape index (κ2) is 12.1. The molecular weight excluding hydrogens is 568 g/mol. The summed E-state index contributed by atoms with van der Waals surface area (Å²) in [5.74, 6) is 0.521. The van der Waals surface area contributed by atoms with Crippen LogP contribution in [0.3, 0.4) is 0 Å². The number of ether oxygens (including phenoxy) is 1. The molecule has 0 radical (unpaired) electrons. The number of aryl methyl sites for hydroxylation is 2. The number of carbonyl (C=O) groups is 2. The minimum atomic E-state index is -4.33. The number of nitro groups is 1.